The molecule has 0 N–H and O–H groups in total. The molecular formula is C51H29N3O3. The second-order valence-electron chi connectivity index (χ2n) is 14.3. The molecule has 6 heteroatoms. The van der Waals surface area contributed by atoms with Crippen LogP contribution in [-0.2, 0) is 0 Å². The molecule has 0 bridgehead atoms. The third-order valence-corrected chi connectivity index (χ3v) is 10.9. The molecule has 0 unspecified atom stereocenters. The summed E-state index contributed by atoms with van der Waals surface area (Å²) < 4.78 is 19.4. The molecule has 0 aliphatic rings. The lowest BCUT2D eigenvalue weighted by Crippen LogP contribution is -2.00. The maximum Gasteiger partial charge on any atom is 0.164 e. The molecule has 0 radical (unpaired) electrons. The lowest BCUT2D eigenvalue weighted by molar-refractivity contribution is 0.668. The third-order valence-electron chi connectivity index (χ3n) is 10.9. The summed E-state index contributed by atoms with van der Waals surface area (Å²) in [5, 5.41) is 6.24. The molecule has 0 saturated carbocycles. The molecule has 0 atom stereocenters. The predicted molar refractivity (Wildman–Crippen MR) is 229 cm³/mol. The zero-order valence-electron chi connectivity index (χ0n) is 30.3. The summed E-state index contributed by atoms with van der Waals surface area (Å²) in [6.45, 7) is 0. The summed E-state index contributed by atoms with van der Waals surface area (Å²) in [7, 11) is 0. The Balaban J connectivity index is 1.04. The van der Waals surface area contributed by atoms with Gasteiger partial charge in [0.2, 0.25) is 0 Å². The average molecular weight is 732 g/mol. The van der Waals surface area contributed by atoms with E-state index in [0.717, 1.165) is 105 Å². The molecule has 4 heterocycles. The maximum atomic E-state index is 6.65. The van der Waals surface area contributed by atoms with E-state index in [9.17, 15) is 0 Å². The Morgan fingerprint density at radius 3 is 1.47 bits per heavy atom. The van der Waals surface area contributed by atoms with Crippen LogP contribution in [0.1, 0.15) is 0 Å². The Labute approximate surface area is 325 Å². The van der Waals surface area contributed by atoms with E-state index >= 15 is 0 Å². The van der Waals surface area contributed by atoms with Crippen LogP contribution < -0.4 is 0 Å². The number of aromatic nitrogens is 3. The molecule has 8 aromatic carbocycles. The SMILES string of the molecule is c1ccc(-c2nc(-c3ccc4c(c3)oc3cccc(-c5cc(-c6ccccc6)c6c(c5)oc5ccccc56)c34)nc(-c3cccc4oc5ccccc5c34)n2)cc1. The van der Waals surface area contributed by atoms with Crippen molar-refractivity contribution in [3.05, 3.63) is 176 Å². The van der Waals surface area contributed by atoms with Crippen LogP contribution in [0.15, 0.2) is 189 Å². The second-order valence-corrected chi connectivity index (χ2v) is 14.3. The van der Waals surface area contributed by atoms with E-state index in [-0.39, 0.29) is 0 Å². The molecule has 0 saturated heterocycles. The van der Waals surface area contributed by atoms with E-state index in [1.807, 2.05) is 97.1 Å². The number of nitrogens with zero attached hydrogens (tertiary/aromatic N) is 3. The van der Waals surface area contributed by atoms with Crippen molar-refractivity contribution >= 4 is 65.8 Å². The van der Waals surface area contributed by atoms with Crippen LogP contribution in [0.3, 0.4) is 0 Å². The fourth-order valence-electron chi connectivity index (χ4n) is 8.36. The molecular weight excluding hydrogens is 703 g/mol. The summed E-state index contributed by atoms with van der Waals surface area (Å²) in [5.41, 5.74) is 11.8. The number of furan rings is 3. The van der Waals surface area contributed by atoms with Crippen molar-refractivity contribution in [3.8, 4) is 56.4 Å². The highest BCUT2D eigenvalue weighted by atomic mass is 16.3. The van der Waals surface area contributed by atoms with Gasteiger partial charge in [-0.3, -0.25) is 0 Å². The summed E-state index contributed by atoms with van der Waals surface area (Å²) in [4.78, 5) is 15.2. The fourth-order valence-corrected chi connectivity index (χ4v) is 8.36. The van der Waals surface area contributed by atoms with Crippen molar-refractivity contribution < 1.29 is 13.3 Å². The molecule has 0 amide bonds. The third kappa shape index (κ3) is 5.01. The topological polar surface area (TPSA) is 78.1 Å². The van der Waals surface area contributed by atoms with Gasteiger partial charge < -0.3 is 13.3 Å². The Kier molecular flexibility index (Phi) is 6.83. The first kappa shape index (κ1) is 31.5. The lowest BCUT2D eigenvalue weighted by atomic mass is 9.92. The van der Waals surface area contributed by atoms with Gasteiger partial charge in [-0.25, -0.2) is 15.0 Å². The summed E-state index contributed by atoms with van der Waals surface area (Å²) >= 11 is 0. The van der Waals surface area contributed by atoms with Gasteiger partial charge in [0, 0.05) is 49.0 Å². The van der Waals surface area contributed by atoms with E-state index in [1.54, 1.807) is 0 Å². The lowest BCUT2D eigenvalue weighted by Gasteiger charge is -2.10. The van der Waals surface area contributed by atoms with Crippen molar-refractivity contribution in [3.63, 3.8) is 0 Å². The molecule has 0 aliphatic heterocycles. The highest BCUT2D eigenvalue weighted by Crippen LogP contribution is 2.44. The fraction of sp³-hybridized carbons (Fsp3) is 0. The highest BCUT2D eigenvalue weighted by molar-refractivity contribution is 6.17. The molecule has 57 heavy (non-hydrogen) atoms. The van der Waals surface area contributed by atoms with Gasteiger partial charge in [-0.1, -0.05) is 127 Å². The van der Waals surface area contributed by atoms with Gasteiger partial charge in [0.25, 0.3) is 0 Å². The Bertz CT molecular complexity index is 3530. The van der Waals surface area contributed by atoms with E-state index < -0.39 is 0 Å². The average Bonchev–Trinajstić information content (AvgIpc) is 3.97. The first-order valence-electron chi connectivity index (χ1n) is 18.9. The van der Waals surface area contributed by atoms with Gasteiger partial charge in [-0.05, 0) is 70.8 Å². The number of rotatable bonds is 5. The van der Waals surface area contributed by atoms with E-state index in [0.29, 0.717) is 17.5 Å². The van der Waals surface area contributed by atoms with Crippen molar-refractivity contribution in [1.82, 2.24) is 15.0 Å². The van der Waals surface area contributed by atoms with E-state index in [4.69, 9.17) is 28.2 Å². The van der Waals surface area contributed by atoms with Crippen LogP contribution in [0.25, 0.3) is 122 Å². The highest BCUT2D eigenvalue weighted by Gasteiger charge is 2.21. The number of para-hydroxylation sites is 2. The summed E-state index contributed by atoms with van der Waals surface area (Å²) in [6, 6.07) is 59.8. The van der Waals surface area contributed by atoms with Crippen LogP contribution in [0.4, 0.5) is 0 Å². The molecule has 6 nitrogen and oxygen atoms in total. The Hall–Kier alpha value is -7.83. The zero-order chi connectivity index (χ0) is 37.5. The van der Waals surface area contributed by atoms with Crippen LogP contribution in [0, 0.1) is 0 Å². The summed E-state index contributed by atoms with van der Waals surface area (Å²) in [5.74, 6) is 1.70. The summed E-state index contributed by atoms with van der Waals surface area (Å²) in [6.07, 6.45) is 0. The zero-order valence-corrected chi connectivity index (χ0v) is 30.3. The van der Waals surface area contributed by atoms with Gasteiger partial charge in [0.1, 0.15) is 33.5 Å². The molecule has 0 fully saturated rings. The number of fused-ring (bicyclic) bond motifs is 9. The van der Waals surface area contributed by atoms with Crippen molar-refractivity contribution in [2.75, 3.05) is 0 Å². The quantitative estimate of drug-likeness (QED) is 0.175. The minimum atomic E-state index is 0.550. The smallest absolute Gasteiger partial charge is 0.164 e. The van der Waals surface area contributed by atoms with Crippen LogP contribution in [-0.4, -0.2) is 15.0 Å². The second kappa shape index (κ2) is 12.3. The standard InChI is InChI=1S/C51H29N3O3/c1-3-13-30(14-4-1)39-27-33(29-45-48(39)36-18-8-10-22-41(36)56-45)34-19-11-23-42-46(34)37-26-25-32(28-44(37)57-42)50-52-49(31-15-5-2-6-16-31)53-51(54-50)38-20-12-24-43-47(38)35-17-7-9-21-40(35)55-43/h1-29H. The van der Waals surface area contributed by atoms with E-state index in [1.165, 1.54) is 0 Å². The molecule has 4 aromatic heterocycles. The van der Waals surface area contributed by atoms with Gasteiger partial charge >= 0.3 is 0 Å². The van der Waals surface area contributed by atoms with Crippen molar-refractivity contribution in [1.29, 1.82) is 0 Å². The molecule has 0 aliphatic carbocycles. The minimum absolute atomic E-state index is 0.550. The monoisotopic (exact) mass is 731 g/mol. The van der Waals surface area contributed by atoms with Crippen LogP contribution in [0.2, 0.25) is 0 Å². The number of hydrogen-bond acceptors (Lipinski definition) is 6. The van der Waals surface area contributed by atoms with E-state index in [2.05, 4.69) is 78.9 Å². The first-order chi connectivity index (χ1) is 28.2. The van der Waals surface area contributed by atoms with Crippen LogP contribution >= 0.6 is 0 Å². The Morgan fingerprint density at radius 1 is 0.263 bits per heavy atom. The van der Waals surface area contributed by atoms with Gasteiger partial charge in [-0.15, -0.1) is 0 Å². The first-order valence-corrected chi connectivity index (χ1v) is 18.9. The Morgan fingerprint density at radius 2 is 0.754 bits per heavy atom. The van der Waals surface area contributed by atoms with Gasteiger partial charge in [0.15, 0.2) is 17.5 Å². The molecule has 266 valence electrons. The molecule has 0 spiro atoms. The van der Waals surface area contributed by atoms with Gasteiger partial charge in [0.05, 0.1) is 0 Å². The largest absolute Gasteiger partial charge is 0.456 e. The van der Waals surface area contributed by atoms with Gasteiger partial charge in [-0.2, -0.15) is 0 Å². The molecule has 12 aromatic rings. The van der Waals surface area contributed by atoms with Crippen molar-refractivity contribution in [2.24, 2.45) is 0 Å². The normalized spacial score (nSPS) is 11.9. The minimum Gasteiger partial charge on any atom is -0.456 e. The predicted octanol–water partition coefficient (Wildman–Crippen LogP) is 13.9. The van der Waals surface area contributed by atoms with Crippen LogP contribution in [0.5, 0.6) is 0 Å². The number of benzene rings is 8. The molecule has 12 rings (SSSR count). The number of hydrogen-bond donors (Lipinski definition) is 0. The maximum absolute atomic E-state index is 6.65. The van der Waals surface area contributed by atoms with Crippen molar-refractivity contribution in [2.45, 2.75) is 0 Å².